The van der Waals surface area contributed by atoms with Gasteiger partial charge >= 0.3 is 0 Å². The molecule has 26 heavy (non-hydrogen) atoms. The molecule has 7 heteroatoms. The van der Waals surface area contributed by atoms with Gasteiger partial charge in [-0.25, -0.2) is 4.39 Å². The smallest absolute Gasteiger partial charge is 0.240 e. The lowest BCUT2D eigenvalue weighted by Gasteiger charge is -2.20. The standard InChI is InChI=1S/C19H19FN4OS/c1-13(18(25)23(2)14-9-5-4-6-10-14)26-19-22-21-17(24(19)3)15-11-7-8-12-16(15)20/h4-13H,1-3H3/t13-/m0/s1. The van der Waals surface area contributed by atoms with Crippen LogP contribution in [-0.2, 0) is 11.8 Å². The molecule has 1 atom stereocenters. The van der Waals surface area contributed by atoms with Gasteiger partial charge in [-0.1, -0.05) is 42.1 Å². The van der Waals surface area contributed by atoms with Gasteiger partial charge in [0.25, 0.3) is 0 Å². The molecule has 0 saturated carbocycles. The van der Waals surface area contributed by atoms with Gasteiger partial charge < -0.3 is 9.47 Å². The summed E-state index contributed by atoms with van der Waals surface area (Å²) in [6.07, 6.45) is 0. The Morgan fingerprint density at radius 3 is 2.46 bits per heavy atom. The van der Waals surface area contributed by atoms with Gasteiger partial charge in [0, 0.05) is 19.8 Å². The molecule has 0 N–H and O–H groups in total. The first-order valence-electron chi connectivity index (χ1n) is 8.12. The lowest BCUT2D eigenvalue weighted by molar-refractivity contribution is -0.117. The Kier molecular flexibility index (Phi) is 5.37. The minimum absolute atomic E-state index is 0.0448. The highest BCUT2D eigenvalue weighted by Gasteiger charge is 2.23. The van der Waals surface area contributed by atoms with Crippen molar-refractivity contribution in [1.82, 2.24) is 14.8 Å². The Bertz CT molecular complexity index is 913. The zero-order valence-corrected chi connectivity index (χ0v) is 15.6. The van der Waals surface area contributed by atoms with Crippen molar-refractivity contribution in [2.24, 2.45) is 7.05 Å². The van der Waals surface area contributed by atoms with Gasteiger partial charge in [-0.2, -0.15) is 0 Å². The Morgan fingerprint density at radius 1 is 1.12 bits per heavy atom. The van der Waals surface area contributed by atoms with E-state index in [0.29, 0.717) is 16.5 Å². The number of benzene rings is 2. The first kappa shape index (κ1) is 18.1. The van der Waals surface area contributed by atoms with Crippen LogP contribution in [-0.4, -0.2) is 33.0 Å². The van der Waals surface area contributed by atoms with Crippen molar-refractivity contribution >= 4 is 23.4 Å². The van der Waals surface area contributed by atoms with Crippen LogP contribution in [0.2, 0.25) is 0 Å². The summed E-state index contributed by atoms with van der Waals surface area (Å²) in [5.74, 6) is 0.0331. The molecule has 0 aliphatic carbocycles. The maximum Gasteiger partial charge on any atom is 0.240 e. The molecule has 134 valence electrons. The van der Waals surface area contributed by atoms with Crippen LogP contribution in [0.25, 0.3) is 11.4 Å². The van der Waals surface area contributed by atoms with Gasteiger partial charge in [0.15, 0.2) is 11.0 Å². The molecule has 1 amide bonds. The lowest BCUT2D eigenvalue weighted by atomic mass is 10.2. The molecule has 0 radical (unpaired) electrons. The molecule has 1 heterocycles. The van der Waals surface area contributed by atoms with Crippen LogP contribution >= 0.6 is 11.8 Å². The minimum atomic E-state index is -0.364. The van der Waals surface area contributed by atoms with Crippen molar-refractivity contribution in [2.45, 2.75) is 17.3 Å². The number of aromatic nitrogens is 3. The Morgan fingerprint density at radius 2 is 1.77 bits per heavy atom. The molecule has 0 fully saturated rings. The van der Waals surface area contributed by atoms with Crippen LogP contribution in [0.5, 0.6) is 0 Å². The molecular formula is C19H19FN4OS. The van der Waals surface area contributed by atoms with Gasteiger partial charge in [-0.3, -0.25) is 4.79 Å². The quantitative estimate of drug-likeness (QED) is 0.642. The highest BCUT2D eigenvalue weighted by Crippen LogP contribution is 2.28. The molecule has 0 aliphatic rings. The maximum absolute atomic E-state index is 14.0. The molecule has 5 nitrogen and oxygen atoms in total. The Labute approximate surface area is 155 Å². The summed E-state index contributed by atoms with van der Waals surface area (Å²) in [6.45, 7) is 1.82. The molecule has 3 rings (SSSR count). The van der Waals surface area contributed by atoms with Gasteiger partial charge in [-0.05, 0) is 31.2 Å². The molecule has 0 aliphatic heterocycles. The summed E-state index contributed by atoms with van der Waals surface area (Å²) in [5, 5.41) is 8.41. The van der Waals surface area contributed by atoms with Crippen LogP contribution in [0.1, 0.15) is 6.92 Å². The van der Waals surface area contributed by atoms with E-state index in [1.54, 1.807) is 41.8 Å². The lowest BCUT2D eigenvalue weighted by Crippen LogP contribution is -2.33. The second-order valence-corrected chi connectivity index (χ2v) is 7.15. The highest BCUT2D eigenvalue weighted by molar-refractivity contribution is 8.00. The molecule has 2 aromatic carbocycles. The van der Waals surface area contributed by atoms with E-state index in [0.717, 1.165) is 5.69 Å². The highest BCUT2D eigenvalue weighted by atomic mass is 32.2. The average molecular weight is 370 g/mol. The van der Waals surface area contributed by atoms with Crippen molar-refractivity contribution in [3.8, 4) is 11.4 Å². The zero-order chi connectivity index (χ0) is 18.7. The van der Waals surface area contributed by atoms with E-state index in [2.05, 4.69) is 10.2 Å². The number of hydrogen-bond donors (Lipinski definition) is 0. The normalized spacial score (nSPS) is 12.0. The van der Waals surface area contributed by atoms with Crippen LogP contribution in [0.15, 0.2) is 59.8 Å². The largest absolute Gasteiger partial charge is 0.315 e. The van der Waals surface area contributed by atoms with E-state index < -0.39 is 0 Å². The van der Waals surface area contributed by atoms with Gasteiger partial charge in [-0.15, -0.1) is 10.2 Å². The molecule has 0 spiro atoms. The van der Waals surface area contributed by atoms with Crippen LogP contribution < -0.4 is 4.90 Å². The number of carbonyl (C=O) groups is 1. The molecule has 0 unspecified atom stereocenters. The van der Waals surface area contributed by atoms with E-state index >= 15 is 0 Å². The summed E-state index contributed by atoms with van der Waals surface area (Å²) >= 11 is 1.30. The third-order valence-corrected chi connectivity index (χ3v) is 5.18. The number of halogens is 1. The molecule has 1 aromatic heterocycles. The number of thioether (sulfide) groups is 1. The van der Waals surface area contributed by atoms with Crippen LogP contribution in [0.4, 0.5) is 10.1 Å². The fourth-order valence-electron chi connectivity index (χ4n) is 2.55. The van der Waals surface area contributed by atoms with Gasteiger partial charge in [0.1, 0.15) is 5.82 Å². The zero-order valence-electron chi connectivity index (χ0n) is 14.8. The summed E-state index contributed by atoms with van der Waals surface area (Å²) in [7, 11) is 3.51. The van der Waals surface area contributed by atoms with Crippen molar-refractivity contribution in [2.75, 3.05) is 11.9 Å². The third-order valence-electron chi connectivity index (χ3n) is 4.05. The van der Waals surface area contributed by atoms with E-state index in [4.69, 9.17) is 0 Å². The van der Waals surface area contributed by atoms with Gasteiger partial charge in [0.2, 0.25) is 5.91 Å². The summed E-state index contributed by atoms with van der Waals surface area (Å²) in [6, 6.07) is 15.9. The summed E-state index contributed by atoms with van der Waals surface area (Å²) in [5.41, 5.74) is 1.21. The Balaban J connectivity index is 1.77. The molecular weight excluding hydrogens is 351 g/mol. The number of hydrogen-bond acceptors (Lipinski definition) is 4. The fourth-order valence-corrected chi connectivity index (χ4v) is 3.46. The average Bonchev–Trinajstić information content (AvgIpc) is 3.02. The predicted molar refractivity (Wildman–Crippen MR) is 102 cm³/mol. The molecule has 3 aromatic rings. The van der Waals surface area contributed by atoms with Crippen molar-refractivity contribution in [3.05, 3.63) is 60.4 Å². The second-order valence-electron chi connectivity index (χ2n) is 5.84. The maximum atomic E-state index is 14.0. The summed E-state index contributed by atoms with van der Waals surface area (Å²) < 4.78 is 15.7. The first-order valence-corrected chi connectivity index (χ1v) is 9.00. The Hall–Kier alpha value is -2.67. The van der Waals surface area contributed by atoms with Crippen LogP contribution in [0.3, 0.4) is 0 Å². The summed E-state index contributed by atoms with van der Waals surface area (Å²) in [4.78, 5) is 14.3. The third kappa shape index (κ3) is 3.62. The minimum Gasteiger partial charge on any atom is -0.315 e. The monoisotopic (exact) mass is 370 g/mol. The first-order chi connectivity index (χ1) is 12.5. The SMILES string of the molecule is C[C@H](Sc1nnc(-c2ccccc2F)n1C)C(=O)N(C)c1ccccc1. The molecule has 0 saturated heterocycles. The number of amides is 1. The fraction of sp³-hybridized carbons (Fsp3) is 0.211. The van der Waals surface area contributed by atoms with E-state index in [9.17, 15) is 9.18 Å². The second kappa shape index (κ2) is 7.70. The topological polar surface area (TPSA) is 51.0 Å². The predicted octanol–water partition coefficient (Wildman–Crippen LogP) is 3.76. The van der Waals surface area contributed by atoms with Crippen molar-refractivity contribution < 1.29 is 9.18 Å². The number of rotatable bonds is 5. The van der Waals surface area contributed by atoms with Crippen molar-refractivity contribution in [3.63, 3.8) is 0 Å². The van der Waals surface area contributed by atoms with Crippen LogP contribution in [0, 0.1) is 5.82 Å². The number of para-hydroxylation sites is 1. The van der Waals surface area contributed by atoms with Crippen molar-refractivity contribution in [1.29, 1.82) is 0 Å². The number of carbonyl (C=O) groups excluding carboxylic acids is 1. The number of anilines is 1. The number of nitrogens with zero attached hydrogens (tertiary/aromatic N) is 4. The van der Waals surface area contributed by atoms with Gasteiger partial charge in [0.05, 0.1) is 10.8 Å². The van der Waals surface area contributed by atoms with E-state index in [-0.39, 0.29) is 17.0 Å². The van der Waals surface area contributed by atoms with E-state index in [1.807, 2.05) is 37.3 Å². The molecule has 0 bridgehead atoms. The van der Waals surface area contributed by atoms with E-state index in [1.165, 1.54) is 17.8 Å².